The van der Waals surface area contributed by atoms with Crippen LogP contribution in [-0.2, 0) is 0 Å². The maximum Gasteiger partial charge on any atom is 0.0332 e. The molecule has 0 radical (unpaired) electrons. The van der Waals surface area contributed by atoms with Crippen LogP contribution in [0.15, 0.2) is 0 Å². The molecule has 3 fully saturated rings. The zero-order chi connectivity index (χ0) is 15.0. The molecule has 3 aliphatic rings. The number of rotatable bonds is 3. The summed E-state index contributed by atoms with van der Waals surface area (Å²) in [7, 11) is 2.34. The third kappa shape index (κ3) is 2.89. The Labute approximate surface area is 131 Å². The van der Waals surface area contributed by atoms with E-state index in [1.807, 2.05) is 0 Å². The molecule has 0 aromatic rings. The minimum atomic E-state index is 0.316. The number of likely N-dealkylation sites (tertiary alicyclic amines) is 1. The van der Waals surface area contributed by atoms with E-state index in [2.05, 4.69) is 30.7 Å². The third-order valence-electron chi connectivity index (χ3n) is 7.10. The number of likely N-dealkylation sites (N-methyl/N-ethyl adjacent to an activating group) is 1. The lowest BCUT2D eigenvalue weighted by molar-refractivity contribution is 0.0285. The van der Waals surface area contributed by atoms with Gasteiger partial charge >= 0.3 is 0 Å². The SMILES string of the molecule is CC(C)C1CCC(CN)(N2CCC3CCC(C2)N3C)CC1. The minimum Gasteiger partial charge on any atom is -0.329 e. The van der Waals surface area contributed by atoms with Crippen LogP contribution in [0.3, 0.4) is 0 Å². The molecule has 0 aromatic carbocycles. The Hall–Kier alpha value is -0.120. The molecule has 0 spiro atoms. The monoisotopic (exact) mass is 293 g/mol. The molecule has 1 saturated carbocycles. The van der Waals surface area contributed by atoms with Crippen LogP contribution in [0.5, 0.6) is 0 Å². The van der Waals surface area contributed by atoms with E-state index in [0.29, 0.717) is 5.54 Å². The van der Waals surface area contributed by atoms with Crippen molar-refractivity contribution in [2.45, 2.75) is 76.4 Å². The summed E-state index contributed by atoms with van der Waals surface area (Å²) in [6.45, 7) is 8.17. The van der Waals surface area contributed by atoms with E-state index < -0.39 is 0 Å². The Morgan fingerprint density at radius 3 is 2.33 bits per heavy atom. The van der Waals surface area contributed by atoms with Gasteiger partial charge in [0.25, 0.3) is 0 Å². The molecule has 2 saturated heterocycles. The highest BCUT2D eigenvalue weighted by Crippen LogP contribution is 2.41. The molecule has 2 N–H and O–H groups in total. The van der Waals surface area contributed by atoms with Crippen LogP contribution in [-0.4, -0.2) is 54.1 Å². The van der Waals surface area contributed by atoms with Crippen LogP contribution in [0.25, 0.3) is 0 Å². The van der Waals surface area contributed by atoms with Crippen molar-refractivity contribution < 1.29 is 0 Å². The van der Waals surface area contributed by atoms with Crippen LogP contribution in [0.2, 0.25) is 0 Å². The minimum absolute atomic E-state index is 0.316. The number of hydrogen-bond acceptors (Lipinski definition) is 3. The third-order valence-corrected chi connectivity index (χ3v) is 7.10. The van der Waals surface area contributed by atoms with Crippen LogP contribution in [0.1, 0.15) is 58.8 Å². The fourth-order valence-electron chi connectivity index (χ4n) is 5.23. The molecule has 2 atom stereocenters. The number of fused-ring (bicyclic) bond motifs is 2. The van der Waals surface area contributed by atoms with E-state index in [1.54, 1.807) is 0 Å². The van der Waals surface area contributed by atoms with Crippen molar-refractivity contribution in [2.75, 3.05) is 26.7 Å². The summed E-state index contributed by atoms with van der Waals surface area (Å²) in [5.74, 6) is 1.77. The smallest absolute Gasteiger partial charge is 0.0332 e. The highest BCUT2D eigenvalue weighted by Gasteiger charge is 2.44. The van der Waals surface area contributed by atoms with Gasteiger partial charge in [-0.25, -0.2) is 0 Å². The van der Waals surface area contributed by atoms with E-state index in [4.69, 9.17) is 5.73 Å². The standard InChI is InChI=1S/C18H35N3/c1-14(2)15-6-9-18(13-19,10-7-15)21-11-8-16-4-5-17(12-21)20(16)3/h14-17H,4-13,19H2,1-3H3. The summed E-state index contributed by atoms with van der Waals surface area (Å²) in [5, 5.41) is 0. The molecule has 122 valence electrons. The van der Waals surface area contributed by atoms with Crippen molar-refractivity contribution in [2.24, 2.45) is 17.6 Å². The fourth-order valence-corrected chi connectivity index (χ4v) is 5.23. The first kappa shape index (κ1) is 15.8. The molecular weight excluding hydrogens is 258 g/mol. The quantitative estimate of drug-likeness (QED) is 0.868. The predicted octanol–water partition coefficient (Wildman–Crippen LogP) is 2.70. The number of hydrogen-bond donors (Lipinski definition) is 1. The zero-order valence-corrected chi connectivity index (χ0v) is 14.4. The largest absolute Gasteiger partial charge is 0.329 e. The Bertz CT molecular complexity index is 346. The lowest BCUT2D eigenvalue weighted by atomic mass is 9.71. The first-order chi connectivity index (χ1) is 10.1. The molecule has 2 aliphatic heterocycles. The predicted molar refractivity (Wildman–Crippen MR) is 89.3 cm³/mol. The van der Waals surface area contributed by atoms with Gasteiger partial charge in [0.05, 0.1) is 0 Å². The molecule has 0 amide bonds. The second-order valence-electron chi connectivity index (χ2n) is 8.30. The van der Waals surface area contributed by atoms with Gasteiger partial charge in [0.2, 0.25) is 0 Å². The summed E-state index contributed by atoms with van der Waals surface area (Å²) >= 11 is 0. The Balaban J connectivity index is 1.69. The molecule has 1 aliphatic carbocycles. The van der Waals surface area contributed by atoms with Crippen LogP contribution < -0.4 is 5.73 Å². The normalized spacial score (nSPS) is 42.4. The molecule has 2 unspecified atom stereocenters. The molecule has 3 rings (SSSR count). The molecule has 21 heavy (non-hydrogen) atoms. The summed E-state index contributed by atoms with van der Waals surface area (Å²) in [4.78, 5) is 5.47. The van der Waals surface area contributed by atoms with Gasteiger partial charge in [-0.1, -0.05) is 13.8 Å². The van der Waals surface area contributed by atoms with E-state index in [1.165, 1.54) is 58.0 Å². The van der Waals surface area contributed by atoms with Crippen molar-refractivity contribution in [3.05, 3.63) is 0 Å². The molecule has 3 nitrogen and oxygen atoms in total. The summed E-state index contributed by atoms with van der Waals surface area (Å²) < 4.78 is 0. The van der Waals surface area contributed by atoms with E-state index >= 15 is 0 Å². The molecule has 3 heteroatoms. The first-order valence-corrected chi connectivity index (χ1v) is 9.23. The molecule has 2 bridgehead atoms. The maximum absolute atomic E-state index is 6.32. The van der Waals surface area contributed by atoms with Crippen LogP contribution >= 0.6 is 0 Å². The summed E-state index contributed by atoms with van der Waals surface area (Å²) in [5.41, 5.74) is 6.64. The van der Waals surface area contributed by atoms with Crippen molar-refractivity contribution in [3.63, 3.8) is 0 Å². The average Bonchev–Trinajstić information content (AvgIpc) is 2.72. The lowest BCUT2D eigenvalue weighted by Crippen LogP contribution is -2.58. The van der Waals surface area contributed by atoms with Crippen molar-refractivity contribution in [3.8, 4) is 0 Å². The lowest BCUT2D eigenvalue weighted by Gasteiger charge is -2.49. The molecule has 2 heterocycles. The van der Waals surface area contributed by atoms with Gasteiger partial charge in [-0.3, -0.25) is 9.80 Å². The van der Waals surface area contributed by atoms with Gasteiger partial charge in [0.1, 0.15) is 0 Å². The van der Waals surface area contributed by atoms with Crippen LogP contribution in [0, 0.1) is 11.8 Å². The summed E-state index contributed by atoms with van der Waals surface area (Å²) in [6.07, 6.45) is 9.58. The maximum atomic E-state index is 6.32. The zero-order valence-electron chi connectivity index (χ0n) is 14.4. The van der Waals surface area contributed by atoms with E-state index in [9.17, 15) is 0 Å². The first-order valence-electron chi connectivity index (χ1n) is 9.23. The molecule has 0 aromatic heterocycles. The summed E-state index contributed by atoms with van der Waals surface area (Å²) in [6, 6.07) is 1.62. The Kier molecular flexibility index (Phi) is 4.63. The number of nitrogens with two attached hydrogens (primary N) is 1. The second kappa shape index (κ2) is 6.17. The Morgan fingerprint density at radius 2 is 1.71 bits per heavy atom. The van der Waals surface area contributed by atoms with Gasteiger partial charge in [0, 0.05) is 37.3 Å². The topological polar surface area (TPSA) is 32.5 Å². The van der Waals surface area contributed by atoms with Gasteiger partial charge in [-0.2, -0.15) is 0 Å². The van der Waals surface area contributed by atoms with Crippen molar-refractivity contribution in [1.82, 2.24) is 9.80 Å². The van der Waals surface area contributed by atoms with Gasteiger partial charge in [-0.15, -0.1) is 0 Å². The number of nitrogens with zero attached hydrogens (tertiary/aromatic N) is 2. The van der Waals surface area contributed by atoms with Crippen molar-refractivity contribution >= 4 is 0 Å². The van der Waals surface area contributed by atoms with Crippen LogP contribution in [0.4, 0.5) is 0 Å². The Morgan fingerprint density at radius 1 is 1.05 bits per heavy atom. The van der Waals surface area contributed by atoms with E-state index in [-0.39, 0.29) is 0 Å². The van der Waals surface area contributed by atoms with Gasteiger partial charge in [0.15, 0.2) is 0 Å². The average molecular weight is 293 g/mol. The van der Waals surface area contributed by atoms with Crippen molar-refractivity contribution in [1.29, 1.82) is 0 Å². The van der Waals surface area contributed by atoms with Gasteiger partial charge < -0.3 is 5.73 Å². The highest BCUT2D eigenvalue weighted by atomic mass is 15.3. The molecular formula is C18H35N3. The van der Waals surface area contributed by atoms with Gasteiger partial charge in [-0.05, 0) is 63.8 Å². The highest BCUT2D eigenvalue weighted by molar-refractivity contribution is 5.01. The fraction of sp³-hybridized carbons (Fsp3) is 1.00. The second-order valence-corrected chi connectivity index (χ2v) is 8.30. The van der Waals surface area contributed by atoms with E-state index in [0.717, 1.165) is 30.5 Å².